The number of benzene rings is 3. The molecule has 3 rings (SSSR count). The largest absolute Gasteiger partial charge is 0.493 e. The number of carbonyl (C=O) groups excluding carboxylic acids is 2. The number of carbonyl (C=O) groups is 2. The highest BCUT2D eigenvalue weighted by atomic mass is 79.9. The van der Waals surface area contributed by atoms with Crippen molar-refractivity contribution in [1.82, 2.24) is 0 Å². The Hall–Kier alpha value is -3.18. The third-order valence-electron chi connectivity index (χ3n) is 4.93. The minimum Gasteiger partial charge on any atom is -0.493 e. The Morgan fingerprint density at radius 3 is 2.06 bits per heavy atom. The zero-order valence-corrected chi connectivity index (χ0v) is 20.1. The molecule has 0 heterocycles. The van der Waals surface area contributed by atoms with Gasteiger partial charge in [0.1, 0.15) is 0 Å². The van der Waals surface area contributed by atoms with Crippen molar-refractivity contribution >= 4 is 33.8 Å². The van der Waals surface area contributed by atoms with Crippen molar-refractivity contribution in [2.75, 3.05) is 7.11 Å². The van der Waals surface area contributed by atoms with E-state index < -0.39 is 5.97 Å². The van der Waals surface area contributed by atoms with E-state index in [1.807, 2.05) is 24.3 Å². The molecular formula is C27H25BrO4. The van der Waals surface area contributed by atoms with Crippen LogP contribution in [-0.2, 0) is 5.41 Å². The van der Waals surface area contributed by atoms with Crippen molar-refractivity contribution in [3.8, 4) is 11.5 Å². The molecule has 32 heavy (non-hydrogen) atoms. The smallest absolute Gasteiger partial charge is 0.343 e. The van der Waals surface area contributed by atoms with E-state index >= 15 is 0 Å². The Labute approximate surface area is 197 Å². The molecule has 0 aliphatic rings. The first-order chi connectivity index (χ1) is 15.2. The fourth-order valence-electron chi connectivity index (χ4n) is 3.02. The molecule has 0 unspecified atom stereocenters. The monoisotopic (exact) mass is 492 g/mol. The number of rotatable bonds is 6. The van der Waals surface area contributed by atoms with Gasteiger partial charge in [-0.2, -0.15) is 0 Å². The fraction of sp³-hybridized carbons (Fsp3) is 0.185. The van der Waals surface area contributed by atoms with Gasteiger partial charge in [0.15, 0.2) is 17.3 Å². The topological polar surface area (TPSA) is 52.6 Å². The second-order valence-corrected chi connectivity index (χ2v) is 9.25. The van der Waals surface area contributed by atoms with Crippen LogP contribution in [0.3, 0.4) is 0 Å². The highest BCUT2D eigenvalue weighted by molar-refractivity contribution is 9.10. The van der Waals surface area contributed by atoms with Crippen molar-refractivity contribution in [3.05, 3.63) is 99.5 Å². The van der Waals surface area contributed by atoms with E-state index in [9.17, 15) is 9.59 Å². The van der Waals surface area contributed by atoms with Crippen LogP contribution in [0.2, 0.25) is 0 Å². The summed E-state index contributed by atoms with van der Waals surface area (Å²) in [6.07, 6.45) is 3.20. The Balaban J connectivity index is 1.73. The molecule has 0 amide bonds. The first kappa shape index (κ1) is 23.5. The average Bonchev–Trinajstić information content (AvgIpc) is 2.78. The molecule has 0 aliphatic carbocycles. The number of methoxy groups -OCH3 is 1. The van der Waals surface area contributed by atoms with Crippen molar-refractivity contribution in [2.45, 2.75) is 26.2 Å². The van der Waals surface area contributed by atoms with Crippen LogP contribution in [0.15, 0.2) is 77.3 Å². The molecule has 5 heteroatoms. The summed E-state index contributed by atoms with van der Waals surface area (Å²) in [4.78, 5) is 24.9. The van der Waals surface area contributed by atoms with E-state index in [-0.39, 0.29) is 11.2 Å². The summed E-state index contributed by atoms with van der Waals surface area (Å²) >= 11 is 3.36. The maximum atomic E-state index is 12.6. The zero-order chi connectivity index (χ0) is 23.3. The zero-order valence-electron chi connectivity index (χ0n) is 18.5. The van der Waals surface area contributed by atoms with E-state index in [1.165, 1.54) is 13.2 Å². The molecule has 3 aromatic carbocycles. The van der Waals surface area contributed by atoms with Gasteiger partial charge in [0, 0.05) is 10.0 Å². The van der Waals surface area contributed by atoms with Gasteiger partial charge >= 0.3 is 5.97 Å². The number of esters is 1. The Kier molecular flexibility index (Phi) is 7.31. The lowest BCUT2D eigenvalue weighted by atomic mass is 9.87. The second kappa shape index (κ2) is 9.96. The Morgan fingerprint density at radius 1 is 0.844 bits per heavy atom. The second-order valence-electron chi connectivity index (χ2n) is 8.33. The highest BCUT2D eigenvalue weighted by Gasteiger charge is 2.16. The van der Waals surface area contributed by atoms with Crippen LogP contribution in [0.25, 0.3) is 6.08 Å². The highest BCUT2D eigenvalue weighted by Crippen LogP contribution is 2.30. The Bertz CT molecular complexity index is 1140. The van der Waals surface area contributed by atoms with Gasteiger partial charge in [-0.1, -0.05) is 61.0 Å². The summed E-state index contributed by atoms with van der Waals surface area (Å²) in [6.45, 7) is 6.36. The van der Waals surface area contributed by atoms with Gasteiger partial charge < -0.3 is 9.47 Å². The predicted molar refractivity (Wildman–Crippen MR) is 131 cm³/mol. The molecule has 0 saturated heterocycles. The van der Waals surface area contributed by atoms with Gasteiger partial charge in [-0.25, -0.2) is 4.79 Å². The van der Waals surface area contributed by atoms with E-state index in [4.69, 9.17) is 9.47 Å². The first-order valence-corrected chi connectivity index (χ1v) is 11.0. The quantitative estimate of drug-likeness (QED) is 0.163. The van der Waals surface area contributed by atoms with Crippen LogP contribution in [0, 0.1) is 0 Å². The van der Waals surface area contributed by atoms with Crippen molar-refractivity contribution in [3.63, 3.8) is 0 Å². The van der Waals surface area contributed by atoms with Crippen LogP contribution >= 0.6 is 15.9 Å². The number of hydrogen-bond donors (Lipinski definition) is 0. The third kappa shape index (κ3) is 5.95. The lowest BCUT2D eigenvalue weighted by Crippen LogP contribution is -2.13. The van der Waals surface area contributed by atoms with E-state index in [0.717, 1.165) is 15.6 Å². The van der Waals surface area contributed by atoms with Gasteiger partial charge in [0.2, 0.25) is 0 Å². The lowest BCUT2D eigenvalue weighted by molar-refractivity contribution is 0.0729. The molecular weight excluding hydrogens is 468 g/mol. The number of ether oxygens (including phenoxy) is 2. The number of halogens is 1. The van der Waals surface area contributed by atoms with Crippen LogP contribution in [-0.4, -0.2) is 18.9 Å². The minimum absolute atomic E-state index is 0.00768. The number of hydrogen-bond acceptors (Lipinski definition) is 4. The molecule has 0 spiro atoms. The van der Waals surface area contributed by atoms with E-state index in [2.05, 4.69) is 36.7 Å². The van der Waals surface area contributed by atoms with Crippen molar-refractivity contribution in [1.29, 1.82) is 0 Å². The molecule has 0 radical (unpaired) electrons. The normalized spacial score (nSPS) is 11.4. The molecule has 0 aromatic heterocycles. The van der Waals surface area contributed by atoms with E-state index in [0.29, 0.717) is 22.6 Å². The summed E-state index contributed by atoms with van der Waals surface area (Å²) in [5, 5.41) is 0. The molecule has 0 N–H and O–H groups in total. The predicted octanol–water partition coefficient (Wildman–Crippen LogP) is 6.87. The molecule has 3 aromatic rings. The molecule has 164 valence electrons. The van der Waals surface area contributed by atoms with Crippen molar-refractivity contribution in [2.24, 2.45) is 0 Å². The van der Waals surface area contributed by atoms with Gasteiger partial charge in [-0.05, 0) is 71.1 Å². The third-order valence-corrected chi connectivity index (χ3v) is 5.46. The number of allylic oxidation sites excluding steroid dienone is 1. The molecule has 0 fully saturated rings. The summed E-state index contributed by atoms with van der Waals surface area (Å²) in [5.74, 6) is 0.153. The van der Waals surface area contributed by atoms with Crippen molar-refractivity contribution < 1.29 is 19.1 Å². The molecule has 4 nitrogen and oxygen atoms in total. The summed E-state index contributed by atoms with van der Waals surface area (Å²) in [6, 6.07) is 19.7. The summed E-state index contributed by atoms with van der Waals surface area (Å²) in [5.41, 5.74) is 2.96. The van der Waals surface area contributed by atoms with Crippen LogP contribution in [0.1, 0.15) is 52.6 Å². The standard InChI is InChI=1S/C27H25BrO4/c1-27(2,3)21-11-7-20(8-12-21)26(30)32-24-16-6-18(17-25(24)31-4)5-15-23(29)19-9-13-22(28)14-10-19/h5-17H,1-4H3. The molecule has 0 bridgehead atoms. The minimum atomic E-state index is -0.461. The summed E-state index contributed by atoms with van der Waals surface area (Å²) in [7, 11) is 1.51. The van der Waals surface area contributed by atoms with Gasteiger partial charge in [-0.15, -0.1) is 0 Å². The molecule has 0 aliphatic heterocycles. The first-order valence-electron chi connectivity index (χ1n) is 10.2. The maximum absolute atomic E-state index is 12.6. The average molecular weight is 493 g/mol. The van der Waals surface area contributed by atoms with Crippen LogP contribution < -0.4 is 9.47 Å². The van der Waals surface area contributed by atoms with Gasteiger partial charge in [0.25, 0.3) is 0 Å². The summed E-state index contributed by atoms with van der Waals surface area (Å²) < 4.78 is 11.9. The maximum Gasteiger partial charge on any atom is 0.343 e. The lowest BCUT2D eigenvalue weighted by Gasteiger charge is -2.19. The fourth-order valence-corrected chi connectivity index (χ4v) is 3.28. The Morgan fingerprint density at radius 2 is 1.47 bits per heavy atom. The van der Waals surface area contributed by atoms with Gasteiger partial charge in [0.05, 0.1) is 12.7 Å². The number of ketones is 1. The molecule has 0 atom stereocenters. The van der Waals surface area contributed by atoms with Gasteiger partial charge in [-0.3, -0.25) is 4.79 Å². The molecule has 0 saturated carbocycles. The van der Waals surface area contributed by atoms with Crippen LogP contribution in [0.5, 0.6) is 11.5 Å². The SMILES string of the molecule is COc1cc(C=CC(=O)c2ccc(Br)cc2)ccc1OC(=O)c1ccc(C(C)(C)C)cc1. The van der Waals surface area contributed by atoms with E-state index in [1.54, 1.807) is 48.5 Å². The van der Waals surface area contributed by atoms with Crippen LogP contribution in [0.4, 0.5) is 0 Å².